The number of rotatable bonds is 40. The molecule has 2 aliphatic rings. The average molecular weight is 1500 g/mol. The Labute approximate surface area is 637 Å². The quantitative estimate of drug-likeness (QED) is 0.00899. The molecule has 7 aromatic carbocycles. The van der Waals surface area contributed by atoms with Gasteiger partial charge >= 0.3 is 29.8 Å². The fourth-order valence-corrected chi connectivity index (χ4v) is 12.5. The van der Waals surface area contributed by atoms with Crippen LogP contribution in [0.1, 0.15) is 154 Å². The minimum Gasteiger partial charge on any atom is -0.497 e. The van der Waals surface area contributed by atoms with E-state index in [2.05, 4.69) is 10.6 Å². The second-order valence-electron chi connectivity index (χ2n) is 26.0. The minimum absolute atomic E-state index is 0. The van der Waals surface area contributed by atoms with Crippen molar-refractivity contribution in [3.05, 3.63) is 239 Å². The molecule has 5 unspecified atom stereocenters. The molecule has 24 nitrogen and oxygen atoms in total. The van der Waals surface area contributed by atoms with Crippen molar-refractivity contribution in [2.45, 2.75) is 151 Å². The van der Waals surface area contributed by atoms with Crippen LogP contribution in [0.4, 0.5) is 0 Å². The summed E-state index contributed by atoms with van der Waals surface area (Å²) in [5.41, 5.74) is 13.8. The number of nitrogens with zero attached hydrogens (tertiary/aromatic N) is 1. The lowest BCUT2D eigenvalue weighted by Crippen LogP contribution is -2.63. The van der Waals surface area contributed by atoms with Crippen molar-refractivity contribution >= 4 is 61.1 Å². The number of β-amino-alcohol motifs (C(OH)–C–C–N with tert-alkyl or cyclic N) is 1. The van der Waals surface area contributed by atoms with Crippen LogP contribution in [0.25, 0.3) is 0 Å². The second-order valence-corrected chi connectivity index (χ2v) is 26.0. The summed E-state index contributed by atoms with van der Waals surface area (Å²) in [6.45, 7) is 1.66. The van der Waals surface area contributed by atoms with Crippen molar-refractivity contribution in [3.63, 3.8) is 0 Å². The summed E-state index contributed by atoms with van der Waals surface area (Å²) in [6.07, 6.45) is 0.728. The number of carbonyl (C=O) groups excluding carboxylic acids is 7. The molecule has 0 spiro atoms. The fourth-order valence-electron chi connectivity index (χ4n) is 12.5. The van der Waals surface area contributed by atoms with E-state index in [0.29, 0.717) is 58.2 Å². The van der Waals surface area contributed by atoms with Gasteiger partial charge in [0.05, 0.1) is 61.3 Å². The number of unbranched alkanes of at least 4 members (excludes halogenated alkanes) is 6. The van der Waals surface area contributed by atoms with Crippen LogP contribution in [0.15, 0.2) is 200 Å². The number of hydrogen-bond donors (Lipinski definition) is 6. The van der Waals surface area contributed by atoms with Gasteiger partial charge in [0, 0.05) is 45.5 Å². The molecule has 0 aliphatic carbocycles. The predicted molar refractivity (Wildman–Crippen MR) is 408 cm³/mol. The highest BCUT2D eigenvalue weighted by molar-refractivity contribution is 7.59. The molecule has 8 atom stereocenters. The van der Waals surface area contributed by atoms with Gasteiger partial charge in [0.2, 0.25) is 17.7 Å². The lowest BCUT2D eigenvalue weighted by Gasteiger charge is -2.44. The molecule has 2 heterocycles. The van der Waals surface area contributed by atoms with E-state index in [4.69, 9.17) is 59.2 Å². The zero-order chi connectivity index (χ0) is 76.2. The molecule has 8 N–H and O–H groups in total. The van der Waals surface area contributed by atoms with Gasteiger partial charge in [0.25, 0.3) is 0 Å². The molecule has 25 heteroatoms. The molecule has 0 saturated carbocycles. The van der Waals surface area contributed by atoms with E-state index in [1.54, 1.807) is 104 Å². The molecule has 3 amide bonds. The van der Waals surface area contributed by atoms with Gasteiger partial charge in [-0.3, -0.25) is 19.2 Å². The van der Waals surface area contributed by atoms with Crippen LogP contribution in [0.3, 0.4) is 0 Å². The molecular formula is C83H101N5O19S. The number of carbonyl (C=O) groups is 8. The summed E-state index contributed by atoms with van der Waals surface area (Å²) < 4.78 is 53.8. The fraction of sp³-hybridized carbons (Fsp3) is 0.398. The van der Waals surface area contributed by atoms with Gasteiger partial charge in [-0.2, -0.15) is 13.5 Å². The van der Waals surface area contributed by atoms with Crippen molar-refractivity contribution in [1.82, 2.24) is 15.5 Å². The smallest absolute Gasteiger partial charge is 0.338 e. The van der Waals surface area contributed by atoms with E-state index in [1.807, 2.05) is 78.9 Å². The molecule has 0 aromatic heterocycles. The third-order valence-electron chi connectivity index (χ3n) is 18.3. The zero-order valence-corrected chi connectivity index (χ0v) is 62.2. The third kappa shape index (κ3) is 26.2. The molecule has 578 valence electrons. The van der Waals surface area contributed by atoms with Crippen molar-refractivity contribution < 1.29 is 91.2 Å². The third-order valence-corrected chi connectivity index (χ3v) is 18.3. The molecule has 2 fully saturated rings. The molecule has 108 heavy (non-hydrogen) atoms. The first-order chi connectivity index (χ1) is 52.0. The van der Waals surface area contributed by atoms with Gasteiger partial charge in [0.15, 0.2) is 24.6 Å². The first-order valence-electron chi connectivity index (χ1n) is 36.5. The highest BCUT2D eigenvalue weighted by Crippen LogP contribution is 2.43. The van der Waals surface area contributed by atoms with Crippen LogP contribution in [-0.2, 0) is 57.9 Å². The van der Waals surface area contributed by atoms with Gasteiger partial charge in [-0.25, -0.2) is 19.2 Å². The van der Waals surface area contributed by atoms with E-state index in [1.165, 1.54) is 36.4 Å². The Balaban J connectivity index is 0.000000299. The number of aliphatic carboxylic acids is 1. The summed E-state index contributed by atoms with van der Waals surface area (Å²) in [5.74, 6) is -2.81. The lowest BCUT2D eigenvalue weighted by atomic mass is 9.80. The Morgan fingerprint density at radius 1 is 0.528 bits per heavy atom. The molecule has 2 aliphatic heterocycles. The van der Waals surface area contributed by atoms with E-state index in [0.717, 1.165) is 73.1 Å². The van der Waals surface area contributed by atoms with Gasteiger partial charge in [-0.1, -0.05) is 147 Å². The van der Waals surface area contributed by atoms with Gasteiger partial charge in [-0.15, -0.1) is 0 Å². The number of methoxy groups -OCH3 is 2. The van der Waals surface area contributed by atoms with Crippen LogP contribution in [0.5, 0.6) is 11.5 Å². The molecule has 7 aromatic rings. The SMILES string of the molecule is COc1ccc(C(OC[C@@H]2C[C@@H](O)CN2C(=O)CCCCCNC(=O)CCCCCNC(=O)[C@@H](N)CCCCN)(c2ccccc2)c2ccc(OC)cc2)cc1.O=C(O)CCCCOC1OC(COC(=O)c2ccccc2)C(OC(=O)c2ccccc2)C(OC(=O)c2ccccc2)C1OC(=O)c1ccccc1.S. The van der Waals surface area contributed by atoms with Crippen molar-refractivity contribution in [2.75, 3.05) is 60.2 Å². The largest absolute Gasteiger partial charge is 0.497 e. The monoisotopic (exact) mass is 1500 g/mol. The van der Waals surface area contributed by atoms with Gasteiger partial charge < -0.3 is 79.8 Å². The summed E-state index contributed by atoms with van der Waals surface area (Å²) in [5, 5.41) is 25.7. The number of esters is 4. The number of aliphatic hydroxyl groups excluding tert-OH is 1. The summed E-state index contributed by atoms with van der Waals surface area (Å²) in [4.78, 5) is 104. The Morgan fingerprint density at radius 3 is 1.50 bits per heavy atom. The number of benzene rings is 7. The van der Waals surface area contributed by atoms with Crippen molar-refractivity contribution in [3.8, 4) is 11.5 Å². The number of aliphatic hydroxyl groups is 1. The van der Waals surface area contributed by atoms with Crippen LogP contribution in [0.2, 0.25) is 0 Å². The lowest BCUT2D eigenvalue weighted by molar-refractivity contribution is -0.298. The van der Waals surface area contributed by atoms with Gasteiger partial charge in [0.1, 0.15) is 29.8 Å². The maximum atomic E-state index is 13.6. The first-order valence-corrected chi connectivity index (χ1v) is 36.5. The molecule has 0 radical (unpaired) electrons. The molecule has 9 rings (SSSR count). The Kier molecular flexibility index (Phi) is 36.0. The van der Waals surface area contributed by atoms with Crippen molar-refractivity contribution in [2.24, 2.45) is 11.5 Å². The normalized spacial score (nSPS) is 17.6. The van der Waals surface area contributed by atoms with Gasteiger partial charge in [-0.05, 0) is 154 Å². The highest BCUT2D eigenvalue weighted by Gasteiger charge is 2.54. The van der Waals surface area contributed by atoms with E-state index >= 15 is 0 Å². The van der Waals surface area contributed by atoms with E-state index < -0.39 is 84.9 Å². The number of nitrogens with two attached hydrogens (primary N) is 2. The zero-order valence-electron chi connectivity index (χ0n) is 61.2. The highest BCUT2D eigenvalue weighted by atomic mass is 32.1. The summed E-state index contributed by atoms with van der Waals surface area (Å²) >= 11 is 0. The number of carboxylic acids is 1. The minimum atomic E-state index is -1.55. The summed E-state index contributed by atoms with van der Waals surface area (Å²) in [7, 11) is 3.27. The van der Waals surface area contributed by atoms with Crippen LogP contribution >= 0.6 is 13.5 Å². The number of nitrogens with one attached hydrogen (secondary N) is 2. The van der Waals surface area contributed by atoms with Crippen LogP contribution < -0.4 is 31.6 Å². The predicted octanol–water partition coefficient (Wildman–Crippen LogP) is 10.4. The maximum absolute atomic E-state index is 13.6. The average Bonchev–Trinajstić information content (AvgIpc) is 0.887. The molecular weight excluding hydrogens is 1400 g/mol. The standard InChI is InChI=1S/C44H63N5O7.C39H36O12.H2S/c1-54-38-23-19-34(20-24-38)44(33-14-6-3-7-15-33,35-21-25-39(55-2)26-22-35)56-32-36-30-37(50)31-49(36)42(52)18-9-5-12-28-47-41(51)17-8-4-13-29-48-43(53)40(46)16-10-11-27-45;40-31(41)23-13-14-24-46-39-34(51-38(45)29-21-11-4-12-22-29)33(50-37(44)28-19-9-3-10-20-28)32(49-36(43)27-17-7-2-8-18-27)30(48-39)25-47-35(42)26-15-5-1-6-16-26;/h3,6-7,14-15,19-26,36-37,40,50H,4-5,8-13,16-18,27-32,45-46H2,1-2H3,(H,47,51)(H,48,53);1-12,15-22,30,32-34,39H,13-14,23-25H2,(H,40,41);1H2/t36-,37+,40-;;/m0../s1. The Hall–Kier alpha value is -9.99. The number of ether oxygens (including phenoxy) is 9. The number of likely N-dealkylation sites (tertiary alicyclic amines) is 1. The maximum Gasteiger partial charge on any atom is 0.338 e. The number of carboxylic acid groups (broad SMARTS) is 1. The van der Waals surface area contributed by atoms with Crippen LogP contribution in [0, 0.1) is 0 Å². The molecule has 0 bridgehead atoms. The summed E-state index contributed by atoms with van der Waals surface area (Å²) in [6, 6.07) is 57.2. The Morgan fingerprint density at radius 2 is 0.991 bits per heavy atom. The second kappa shape index (κ2) is 45.6. The Bertz CT molecular complexity index is 3820. The number of hydrogen-bond acceptors (Lipinski definition) is 20. The van der Waals surface area contributed by atoms with E-state index in [-0.39, 0.29) is 92.1 Å². The molecule has 2 saturated heterocycles. The van der Waals surface area contributed by atoms with Crippen molar-refractivity contribution in [1.29, 1.82) is 0 Å². The first kappa shape index (κ1) is 85.3. The topological polar surface area (TPSA) is 339 Å². The van der Waals surface area contributed by atoms with E-state index in [9.17, 15) is 43.5 Å². The number of amides is 3. The van der Waals surface area contributed by atoms with Crippen LogP contribution in [-0.4, -0.2) is 172 Å².